The van der Waals surface area contributed by atoms with Crippen LogP contribution in [0.5, 0.6) is 0 Å². The summed E-state index contributed by atoms with van der Waals surface area (Å²) in [6.07, 6.45) is 0.507. The van der Waals surface area contributed by atoms with Gasteiger partial charge in [-0.25, -0.2) is 4.79 Å². The predicted octanol–water partition coefficient (Wildman–Crippen LogP) is -0.185. The molecule has 2 aliphatic rings. The Hall–Kier alpha value is -0.810. The van der Waals surface area contributed by atoms with E-state index in [0.717, 1.165) is 19.8 Å². The Balaban J connectivity index is 1.67. The van der Waals surface area contributed by atoms with Gasteiger partial charge >= 0.3 is 6.03 Å². The van der Waals surface area contributed by atoms with Gasteiger partial charge in [-0.3, -0.25) is 0 Å². The van der Waals surface area contributed by atoms with Crippen LogP contribution in [0.1, 0.15) is 6.92 Å². The van der Waals surface area contributed by atoms with Crippen LogP contribution in [-0.2, 0) is 9.47 Å². The molecule has 2 atom stereocenters. The van der Waals surface area contributed by atoms with Gasteiger partial charge in [0.25, 0.3) is 0 Å². The molecule has 2 amide bonds. The lowest BCUT2D eigenvalue weighted by Crippen LogP contribution is -2.43. The number of urea groups is 1. The summed E-state index contributed by atoms with van der Waals surface area (Å²) in [5.41, 5.74) is 0. The molecule has 2 aliphatic heterocycles. The summed E-state index contributed by atoms with van der Waals surface area (Å²) in [6, 6.07) is -0.0153. The van der Waals surface area contributed by atoms with Gasteiger partial charge in [0.05, 0.1) is 32.0 Å². The van der Waals surface area contributed by atoms with Gasteiger partial charge in [0, 0.05) is 13.1 Å². The molecule has 5 heteroatoms. The van der Waals surface area contributed by atoms with E-state index in [1.165, 1.54) is 0 Å². The largest absolute Gasteiger partial charge is 0.371 e. The van der Waals surface area contributed by atoms with Crippen LogP contribution in [0.15, 0.2) is 0 Å². The fourth-order valence-electron chi connectivity index (χ4n) is 1.27. The lowest BCUT2D eigenvalue weighted by molar-refractivity contribution is 0.193. The zero-order chi connectivity index (χ0) is 9.97. The Labute approximate surface area is 83.3 Å². The fraction of sp³-hybridized carbons (Fsp3) is 0.889. The molecule has 0 bridgehead atoms. The summed E-state index contributed by atoms with van der Waals surface area (Å²) >= 11 is 0. The van der Waals surface area contributed by atoms with Crippen molar-refractivity contribution in [2.45, 2.75) is 19.1 Å². The molecule has 0 radical (unpaired) electrons. The Bertz CT molecular complexity index is 214. The zero-order valence-corrected chi connectivity index (χ0v) is 8.36. The van der Waals surface area contributed by atoms with E-state index in [-0.39, 0.29) is 18.2 Å². The van der Waals surface area contributed by atoms with E-state index >= 15 is 0 Å². The van der Waals surface area contributed by atoms with Crippen LogP contribution in [0.4, 0.5) is 4.79 Å². The lowest BCUT2D eigenvalue weighted by Gasteiger charge is -2.19. The van der Waals surface area contributed by atoms with Gasteiger partial charge in [0.1, 0.15) is 0 Å². The number of epoxide rings is 2. The summed E-state index contributed by atoms with van der Waals surface area (Å²) in [5, 5.41) is 2.84. The molecule has 0 aromatic rings. The predicted molar refractivity (Wildman–Crippen MR) is 50.1 cm³/mol. The molecule has 14 heavy (non-hydrogen) atoms. The van der Waals surface area contributed by atoms with Crippen LogP contribution < -0.4 is 5.32 Å². The van der Waals surface area contributed by atoms with Crippen molar-refractivity contribution in [3.63, 3.8) is 0 Å². The first-order valence-corrected chi connectivity index (χ1v) is 5.05. The van der Waals surface area contributed by atoms with Crippen molar-refractivity contribution in [3.8, 4) is 0 Å². The molecule has 0 spiro atoms. The van der Waals surface area contributed by atoms with Crippen molar-refractivity contribution in [3.05, 3.63) is 0 Å². The fourth-order valence-corrected chi connectivity index (χ4v) is 1.27. The topological polar surface area (TPSA) is 57.4 Å². The van der Waals surface area contributed by atoms with E-state index in [1.807, 2.05) is 6.92 Å². The number of hydrogen-bond acceptors (Lipinski definition) is 3. The van der Waals surface area contributed by atoms with Crippen molar-refractivity contribution in [2.75, 3.05) is 32.8 Å². The van der Waals surface area contributed by atoms with E-state index in [2.05, 4.69) is 5.32 Å². The number of likely N-dealkylation sites (N-methyl/N-ethyl adjacent to an activating group) is 1. The monoisotopic (exact) mass is 200 g/mol. The summed E-state index contributed by atoms with van der Waals surface area (Å²) in [7, 11) is 0. The molecule has 2 rings (SSSR count). The van der Waals surface area contributed by atoms with E-state index in [1.54, 1.807) is 4.90 Å². The van der Waals surface area contributed by atoms with E-state index < -0.39 is 0 Å². The Morgan fingerprint density at radius 1 is 1.43 bits per heavy atom. The van der Waals surface area contributed by atoms with Crippen LogP contribution in [-0.4, -0.2) is 56.0 Å². The smallest absolute Gasteiger partial charge is 0.317 e. The minimum absolute atomic E-state index is 0.0153. The van der Waals surface area contributed by atoms with Gasteiger partial charge in [0.2, 0.25) is 0 Å². The van der Waals surface area contributed by atoms with Crippen LogP contribution in [0.2, 0.25) is 0 Å². The number of rotatable bonds is 5. The number of hydrogen-bond donors (Lipinski definition) is 1. The van der Waals surface area contributed by atoms with Crippen molar-refractivity contribution in [1.29, 1.82) is 0 Å². The van der Waals surface area contributed by atoms with E-state index in [4.69, 9.17) is 9.47 Å². The quantitative estimate of drug-likeness (QED) is 0.626. The third-order valence-corrected chi connectivity index (χ3v) is 2.38. The minimum atomic E-state index is -0.0153. The molecule has 2 fully saturated rings. The second-order valence-electron chi connectivity index (χ2n) is 3.64. The first kappa shape index (κ1) is 9.73. The maximum atomic E-state index is 11.6. The van der Waals surface area contributed by atoms with Crippen molar-refractivity contribution >= 4 is 6.03 Å². The second kappa shape index (κ2) is 4.14. The standard InChI is InChI=1S/C9H16N2O3/c1-2-11(4-8-6-14-8)9(12)10-3-7-5-13-7/h7-8H,2-6H2,1H3,(H,10,12). The van der Waals surface area contributed by atoms with Gasteiger partial charge in [0.15, 0.2) is 0 Å². The van der Waals surface area contributed by atoms with Gasteiger partial charge < -0.3 is 19.7 Å². The molecule has 0 aromatic carbocycles. The highest BCUT2D eigenvalue weighted by Gasteiger charge is 2.28. The average Bonchev–Trinajstić information content (AvgIpc) is 3.02. The molecule has 2 unspecified atom stereocenters. The van der Waals surface area contributed by atoms with Crippen LogP contribution >= 0.6 is 0 Å². The maximum Gasteiger partial charge on any atom is 0.317 e. The SMILES string of the molecule is CCN(CC1CO1)C(=O)NCC1CO1. The van der Waals surface area contributed by atoms with E-state index in [9.17, 15) is 4.79 Å². The van der Waals surface area contributed by atoms with Crippen LogP contribution in [0, 0.1) is 0 Å². The Morgan fingerprint density at radius 3 is 2.57 bits per heavy atom. The van der Waals surface area contributed by atoms with Crippen molar-refractivity contribution < 1.29 is 14.3 Å². The Kier molecular flexibility index (Phi) is 2.88. The molecule has 0 saturated carbocycles. The van der Waals surface area contributed by atoms with Crippen LogP contribution in [0.25, 0.3) is 0 Å². The first-order chi connectivity index (χ1) is 6.79. The van der Waals surface area contributed by atoms with Crippen molar-refractivity contribution in [2.24, 2.45) is 0 Å². The molecule has 80 valence electrons. The van der Waals surface area contributed by atoms with Gasteiger partial charge in [-0.05, 0) is 6.92 Å². The molecular weight excluding hydrogens is 184 g/mol. The highest BCUT2D eigenvalue weighted by atomic mass is 16.6. The van der Waals surface area contributed by atoms with E-state index in [0.29, 0.717) is 13.1 Å². The number of nitrogens with one attached hydrogen (secondary N) is 1. The van der Waals surface area contributed by atoms with Gasteiger partial charge in [-0.1, -0.05) is 0 Å². The molecule has 2 saturated heterocycles. The zero-order valence-electron chi connectivity index (χ0n) is 8.36. The number of ether oxygens (including phenoxy) is 2. The summed E-state index contributed by atoms with van der Waals surface area (Å²) in [6.45, 7) is 5.58. The molecule has 5 nitrogen and oxygen atoms in total. The molecule has 1 N–H and O–H groups in total. The molecule has 2 heterocycles. The maximum absolute atomic E-state index is 11.6. The number of carbonyl (C=O) groups is 1. The van der Waals surface area contributed by atoms with Crippen LogP contribution in [0.3, 0.4) is 0 Å². The molecule has 0 aliphatic carbocycles. The normalized spacial score (nSPS) is 28.4. The number of carbonyl (C=O) groups excluding carboxylic acids is 1. The second-order valence-corrected chi connectivity index (χ2v) is 3.64. The number of nitrogens with zero attached hydrogens (tertiary/aromatic N) is 1. The average molecular weight is 200 g/mol. The highest BCUT2D eigenvalue weighted by Crippen LogP contribution is 2.11. The molecular formula is C9H16N2O3. The third kappa shape index (κ3) is 2.85. The van der Waals surface area contributed by atoms with Gasteiger partial charge in [-0.2, -0.15) is 0 Å². The summed E-state index contributed by atoms with van der Waals surface area (Å²) in [4.78, 5) is 13.3. The number of amides is 2. The summed E-state index contributed by atoms with van der Waals surface area (Å²) < 4.78 is 10.1. The first-order valence-electron chi connectivity index (χ1n) is 5.05. The highest BCUT2D eigenvalue weighted by molar-refractivity contribution is 5.74. The summed E-state index contributed by atoms with van der Waals surface area (Å²) in [5.74, 6) is 0. The minimum Gasteiger partial charge on any atom is -0.371 e. The molecule has 0 aromatic heterocycles. The third-order valence-electron chi connectivity index (χ3n) is 2.38. The lowest BCUT2D eigenvalue weighted by atomic mass is 10.4. The van der Waals surface area contributed by atoms with Crippen molar-refractivity contribution in [1.82, 2.24) is 10.2 Å². The Morgan fingerprint density at radius 2 is 2.07 bits per heavy atom. The van der Waals surface area contributed by atoms with Gasteiger partial charge in [-0.15, -0.1) is 0 Å².